The lowest BCUT2D eigenvalue weighted by atomic mass is 9.96. The van der Waals surface area contributed by atoms with E-state index >= 15 is 0 Å². The van der Waals surface area contributed by atoms with Crippen molar-refractivity contribution < 1.29 is 37.0 Å². The number of nitrogens with zero attached hydrogens (tertiary/aromatic N) is 4. The van der Waals surface area contributed by atoms with Crippen LogP contribution in [0.2, 0.25) is 5.02 Å². The Morgan fingerprint density at radius 1 is 1.12 bits per heavy atom. The second kappa shape index (κ2) is 12.9. The summed E-state index contributed by atoms with van der Waals surface area (Å²) in [6, 6.07) is 13.0. The van der Waals surface area contributed by atoms with Gasteiger partial charge < -0.3 is 19.1 Å². The number of amides is 2. The lowest BCUT2D eigenvalue weighted by molar-refractivity contribution is -0.173. The van der Waals surface area contributed by atoms with Gasteiger partial charge in [-0.3, -0.25) is 4.79 Å². The summed E-state index contributed by atoms with van der Waals surface area (Å²) in [5.41, 5.74) is 2.78. The van der Waals surface area contributed by atoms with Crippen LogP contribution in [0.1, 0.15) is 18.9 Å². The Morgan fingerprint density at radius 2 is 1.85 bits per heavy atom. The molecule has 218 valence electrons. The van der Waals surface area contributed by atoms with Gasteiger partial charge in [0.05, 0.1) is 35.9 Å². The molecule has 1 aliphatic heterocycles. The van der Waals surface area contributed by atoms with Crippen LogP contribution in [0.25, 0.3) is 0 Å². The number of nitrogens with one attached hydrogen (secondary N) is 1. The molecule has 0 radical (unpaired) electrons. The van der Waals surface area contributed by atoms with Gasteiger partial charge in [-0.2, -0.15) is 18.2 Å². The van der Waals surface area contributed by atoms with Crippen molar-refractivity contribution in [2.75, 3.05) is 30.1 Å². The summed E-state index contributed by atoms with van der Waals surface area (Å²) in [5.74, 6) is -1.65. The molecule has 1 N–H and O–H groups in total. The number of ether oxygens (including phenoxy) is 3. The van der Waals surface area contributed by atoms with E-state index in [2.05, 4.69) is 14.9 Å². The van der Waals surface area contributed by atoms with Gasteiger partial charge in [-0.15, -0.1) is 0 Å². The summed E-state index contributed by atoms with van der Waals surface area (Å²) in [4.78, 5) is 34.7. The molecule has 0 saturated carbocycles. The number of carbonyl (C=O) groups excluding carboxylic acids is 2. The number of halogens is 4. The van der Waals surface area contributed by atoms with E-state index in [9.17, 15) is 22.8 Å². The highest BCUT2D eigenvalue weighted by Gasteiger charge is 2.41. The minimum Gasteiger partial charge on any atom is -0.481 e. The molecule has 0 bridgehead atoms. The molecule has 1 fully saturated rings. The number of carbonyl (C=O) groups is 2. The van der Waals surface area contributed by atoms with Crippen molar-refractivity contribution >= 4 is 35.0 Å². The summed E-state index contributed by atoms with van der Waals surface area (Å²) in [5, 5.41) is 0.850. The first-order chi connectivity index (χ1) is 19.5. The quantitative estimate of drug-likeness (QED) is 0.374. The number of pyridine rings is 2. The number of anilines is 2. The fourth-order valence-corrected chi connectivity index (χ4v) is 4.40. The fraction of sp³-hybridized carbons (Fsp3) is 0.333. The number of piperidine rings is 1. The van der Waals surface area contributed by atoms with Crippen molar-refractivity contribution in [3.8, 4) is 11.8 Å². The molecule has 2 aromatic heterocycles. The molecule has 41 heavy (non-hydrogen) atoms. The summed E-state index contributed by atoms with van der Waals surface area (Å²) >= 11 is 6.34. The lowest BCUT2D eigenvalue weighted by Crippen LogP contribution is -2.51. The topological polar surface area (TPSA) is 106 Å². The molecule has 0 aliphatic carbocycles. The van der Waals surface area contributed by atoms with Crippen LogP contribution in [0.3, 0.4) is 0 Å². The Bertz CT molecular complexity index is 1350. The Morgan fingerprint density at radius 3 is 2.49 bits per heavy atom. The Balaban J connectivity index is 1.42. The van der Waals surface area contributed by atoms with Crippen LogP contribution in [0, 0.1) is 5.92 Å². The monoisotopic (exact) mass is 593 g/mol. The van der Waals surface area contributed by atoms with Gasteiger partial charge in [-0.05, 0) is 11.6 Å². The van der Waals surface area contributed by atoms with E-state index in [1.165, 1.54) is 30.9 Å². The molecular weight excluding hydrogens is 567 g/mol. The maximum Gasteiger partial charge on any atom is 0.472 e. The number of aromatic nitrogens is 2. The molecule has 1 aromatic carbocycles. The molecule has 3 heterocycles. The van der Waals surface area contributed by atoms with Gasteiger partial charge in [-0.25, -0.2) is 20.2 Å². The van der Waals surface area contributed by atoms with Crippen LogP contribution in [-0.2, 0) is 16.1 Å². The zero-order chi connectivity index (χ0) is 29.6. The van der Waals surface area contributed by atoms with Crippen LogP contribution >= 0.6 is 11.6 Å². The van der Waals surface area contributed by atoms with Crippen molar-refractivity contribution in [1.29, 1.82) is 0 Å². The Hall–Kier alpha value is -4.26. The van der Waals surface area contributed by atoms with E-state index in [1.807, 2.05) is 6.92 Å². The molecular formula is C27H27ClF3N5O5. The summed E-state index contributed by atoms with van der Waals surface area (Å²) < 4.78 is 55.2. The first-order valence-corrected chi connectivity index (χ1v) is 12.9. The normalized spacial score (nSPS) is 17.0. The van der Waals surface area contributed by atoms with Crippen molar-refractivity contribution in [3.63, 3.8) is 0 Å². The van der Waals surface area contributed by atoms with Crippen molar-refractivity contribution in [3.05, 3.63) is 71.5 Å². The molecule has 2 amide bonds. The summed E-state index contributed by atoms with van der Waals surface area (Å²) in [6.45, 7) is 3.04. The number of hydrogen-bond acceptors (Lipinski definition) is 8. The number of methoxy groups -OCH3 is 1. The first-order valence-electron chi connectivity index (χ1n) is 12.5. The molecule has 0 spiro atoms. The van der Waals surface area contributed by atoms with E-state index < -0.39 is 18.2 Å². The summed E-state index contributed by atoms with van der Waals surface area (Å²) in [7, 11) is 1.53. The van der Waals surface area contributed by atoms with Crippen molar-refractivity contribution in [2.24, 2.45) is 5.92 Å². The Kier molecular flexibility index (Phi) is 9.38. The number of benzene rings is 1. The zero-order valence-corrected chi connectivity index (χ0v) is 22.9. The van der Waals surface area contributed by atoms with Crippen molar-refractivity contribution in [1.82, 2.24) is 15.4 Å². The number of hydrazine groups is 1. The third-order valence-corrected chi connectivity index (χ3v) is 6.59. The van der Waals surface area contributed by atoms with E-state index in [-0.39, 0.29) is 30.2 Å². The van der Waals surface area contributed by atoms with Gasteiger partial charge in [0.2, 0.25) is 11.8 Å². The first kappa shape index (κ1) is 29.7. The second-order valence-electron chi connectivity index (χ2n) is 9.22. The minimum atomic E-state index is -5.23. The largest absolute Gasteiger partial charge is 0.481 e. The van der Waals surface area contributed by atoms with Gasteiger partial charge in [-0.1, -0.05) is 48.9 Å². The van der Waals surface area contributed by atoms with Crippen LogP contribution in [0.4, 0.5) is 29.3 Å². The molecule has 1 aliphatic rings. The summed E-state index contributed by atoms with van der Waals surface area (Å²) in [6.07, 6.45) is -3.40. The molecule has 2 atom stereocenters. The standard InChI is InChI=1S/C27H27ClF3N5O5/c1-17-15-35(21-12-24(39-2)33-14-20(21)28)11-10-22(17)41-23-9-8-19(13-32-23)36(34-25(37)27(29,30)31)26(38)40-16-18-6-4-3-5-7-18/h3-9,12-14,17,22H,10-11,15-16H2,1-2H3,(H,34,37). The molecule has 14 heteroatoms. The maximum absolute atomic E-state index is 13.0. The molecule has 2 unspecified atom stereocenters. The SMILES string of the molecule is COc1cc(N2CCC(Oc3ccc(N(NC(=O)C(F)(F)F)C(=O)OCc4ccccc4)cn3)C(C)C2)c(Cl)cn1. The van der Waals surface area contributed by atoms with Gasteiger partial charge in [0, 0.05) is 37.6 Å². The second-order valence-corrected chi connectivity index (χ2v) is 9.62. The van der Waals surface area contributed by atoms with Gasteiger partial charge in [0.25, 0.3) is 0 Å². The predicted octanol–water partition coefficient (Wildman–Crippen LogP) is 5.17. The lowest BCUT2D eigenvalue weighted by Gasteiger charge is -2.38. The fourth-order valence-electron chi connectivity index (χ4n) is 4.18. The smallest absolute Gasteiger partial charge is 0.472 e. The molecule has 4 rings (SSSR count). The van der Waals surface area contributed by atoms with Crippen LogP contribution in [0.15, 0.2) is 60.9 Å². The number of alkyl halides is 3. The number of rotatable bonds is 7. The van der Waals surface area contributed by atoms with Crippen LogP contribution < -0.4 is 24.8 Å². The third kappa shape index (κ3) is 7.69. The van der Waals surface area contributed by atoms with E-state index in [4.69, 9.17) is 25.8 Å². The highest BCUT2D eigenvalue weighted by atomic mass is 35.5. The number of hydrogen-bond donors (Lipinski definition) is 1. The highest BCUT2D eigenvalue weighted by Crippen LogP contribution is 2.33. The highest BCUT2D eigenvalue weighted by molar-refractivity contribution is 6.33. The molecule has 1 saturated heterocycles. The predicted molar refractivity (Wildman–Crippen MR) is 144 cm³/mol. The van der Waals surface area contributed by atoms with Gasteiger partial charge >= 0.3 is 18.2 Å². The Labute approximate surface area is 238 Å². The van der Waals surface area contributed by atoms with Crippen LogP contribution in [0.5, 0.6) is 11.8 Å². The van der Waals surface area contributed by atoms with Gasteiger partial charge in [0.1, 0.15) is 12.7 Å². The van der Waals surface area contributed by atoms with E-state index in [1.54, 1.807) is 36.4 Å². The zero-order valence-electron chi connectivity index (χ0n) is 22.1. The van der Waals surface area contributed by atoms with Crippen molar-refractivity contribution in [2.45, 2.75) is 32.2 Å². The average molecular weight is 594 g/mol. The van der Waals surface area contributed by atoms with E-state index in [0.717, 1.165) is 11.9 Å². The third-order valence-electron chi connectivity index (χ3n) is 6.30. The van der Waals surface area contributed by atoms with E-state index in [0.29, 0.717) is 41.0 Å². The maximum atomic E-state index is 13.0. The average Bonchev–Trinajstić information content (AvgIpc) is 2.96. The minimum absolute atomic E-state index is 0.0518. The van der Waals surface area contributed by atoms with Gasteiger partial charge in [0.15, 0.2) is 0 Å². The molecule has 3 aromatic rings. The molecule has 10 nitrogen and oxygen atoms in total. The van der Waals surface area contributed by atoms with Crippen LogP contribution in [-0.4, -0.2) is 54.4 Å².